The largest absolute Gasteiger partial charge is 0.395 e. The van der Waals surface area contributed by atoms with Gasteiger partial charge in [0.05, 0.1) is 13.2 Å². The Morgan fingerprint density at radius 2 is 1.86 bits per heavy atom. The van der Waals surface area contributed by atoms with E-state index in [1.165, 1.54) is 6.33 Å². The molecule has 0 aliphatic carbocycles. The molecule has 2 N–H and O–H groups in total. The normalized spacial score (nSPS) is 10.2. The summed E-state index contributed by atoms with van der Waals surface area (Å²) < 4.78 is 0. The molecule has 0 unspecified atom stereocenters. The van der Waals surface area contributed by atoms with Crippen LogP contribution in [0.15, 0.2) is 6.33 Å². The van der Waals surface area contributed by atoms with Gasteiger partial charge in [-0.3, -0.25) is 0 Å². The molecule has 0 aromatic carbocycles. The van der Waals surface area contributed by atoms with Gasteiger partial charge in [0.15, 0.2) is 0 Å². The number of hydrogen-bond acceptors (Lipinski definition) is 6. The molecule has 0 bridgehead atoms. The first-order valence-electron chi connectivity index (χ1n) is 4.09. The number of halogens is 1. The molecule has 14 heavy (non-hydrogen) atoms. The van der Waals surface area contributed by atoms with Crippen molar-refractivity contribution < 1.29 is 10.2 Å². The standard InChI is InChI=1S/C7H11ClN4O2/c8-6-9-5-10-7(11-6)12(1-3-13)2-4-14/h5,13-14H,1-4H2. The summed E-state index contributed by atoms with van der Waals surface area (Å²) >= 11 is 5.58. The average molecular weight is 219 g/mol. The monoisotopic (exact) mass is 218 g/mol. The molecule has 0 aliphatic heterocycles. The smallest absolute Gasteiger partial charge is 0.229 e. The fourth-order valence-electron chi connectivity index (χ4n) is 0.974. The van der Waals surface area contributed by atoms with Gasteiger partial charge >= 0.3 is 0 Å². The Morgan fingerprint density at radius 3 is 2.36 bits per heavy atom. The lowest BCUT2D eigenvalue weighted by Crippen LogP contribution is -2.31. The number of aromatic nitrogens is 3. The number of rotatable bonds is 5. The summed E-state index contributed by atoms with van der Waals surface area (Å²) in [6, 6.07) is 0. The molecule has 0 fully saturated rings. The van der Waals surface area contributed by atoms with Gasteiger partial charge in [0.2, 0.25) is 11.2 Å². The van der Waals surface area contributed by atoms with E-state index in [1.54, 1.807) is 4.90 Å². The summed E-state index contributed by atoms with van der Waals surface area (Å²) in [7, 11) is 0. The topological polar surface area (TPSA) is 82.4 Å². The molecule has 0 spiro atoms. The maximum Gasteiger partial charge on any atom is 0.229 e. The van der Waals surface area contributed by atoms with Gasteiger partial charge in [0, 0.05) is 13.1 Å². The van der Waals surface area contributed by atoms with Gasteiger partial charge in [-0.15, -0.1) is 0 Å². The van der Waals surface area contributed by atoms with Crippen LogP contribution in [0.25, 0.3) is 0 Å². The highest BCUT2D eigenvalue weighted by atomic mass is 35.5. The van der Waals surface area contributed by atoms with Crippen LogP contribution in [0.2, 0.25) is 5.28 Å². The molecule has 0 atom stereocenters. The lowest BCUT2D eigenvalue weighted by Gasteiger charge is -2.19. The summed E-state index contributed by atoms with van der Waals surface area (Å²) in [5.74, 6) is 0.355. The number of aliphatic hydroxyl groups is 2. The predicted molar refractivity (Wildman–Crippen MR) is 51.2 cm³/mol. The quantitative estimate of drug-likeness (QED) is 0.681. The van der Waals surface area contributed by atoms with Gasteiger partial charge in [0.25, 0.3) is 0 Å². The zero-order chi connectivity index (χ0) is 10.4. The second kappa shape index (κ2) is 5.69. The predicted octanol–water partition coefficient (Wildman–Crippen LogP) is -0.684. The van der Waals surface area contributed by atoms with Crippen molar-refractivity contribution in [2.45, 2.75) is 0 Å². The van der Waals surface area contributed by atoms with E-state index in [0.717, 1.165) is 0 Å². The van der Waals surface area contributed by atoms with Crippen molar-refractivity contribution in [2.75, 3.05) is 31.2 Å². The minimum Gasteiger partial charge on any atom is -0.395 e. The molecule has 1 aromatic heterocycles. The van der Waals surface area contributed by atoms with E-state index in [9.17, 15) is 0 Å². The number of nitrogens with zero attached hydrogens (tertiary/aromatic N) is 4. The van der Waals surface area contributed by atoms with Gasteiger partial charge in [0.1, 0.15) is 6.33 Å². The molecule has 1 rings (SSSR count). The van der Waals surface area contributed by atoms with Gasteiger partial charge in [-0.05, 0) is 11.6 Å². The lowest BCUT2D eigenvalue weighted by atomic mass is 10.5. The second-order valence-electron chi connectivity index (χ2n) is 2.49. The second-order valence-corrected chi connectivity index (χ2v) is 2.83. The molecule has 6 nitrogen and oxygen atoms in total. The third-order valence-corrected chi connectivity index (χ3v) is 1.73. The lowest BCUT2D eigenvalue weighted by molar-refractivity contribution is 0.280. The zero-order valence-corrected chi connectivity index (χ0v) is 8.22. The Hall–Kier alpha value is -0.980. The molecule has 0 amide bonds. The van der Waals surface area contributed by atoms with Crippen molar-refractivity contribution in [1.29, 1.82) is 0 Å². The third kappa shape index (κ3) is 3.06. The summed E-state index contributed by atoms with van der Waals surface area (Å²) in [6.45, 7) is 0.619. The Bertz CT molecular complexity index is 280. The van der Waals surface area contributed by atoms with E-state index in [1.807, 2.05) is 0 Å². The van der Waals surface area contributed by atoms with Gasteiger partial charge in [-0.25, -0.2) is 9.97 Å². The van der Waals surface area contributed by atoms with Crippen molar-refractivity contribution >= 4 is 17.5 Å². The van der Waals surface area contributed by atoms with Crippen molar-refractivity contribution in [3.8, 4) is 0 Å². The van der Waals surface area contributed by atoms with Crippen LogP contribution in [0.4, 0.5) is 5.95 Å². The average Bonchev–Trinajstić information content (AvgIpc) is 2.17. The molecule has 0 saturated heterocycles. The third-order valence-electron chi connectivity index (χ3n) is 1.55. The SMILES string of the molecule is OCCN(CCO)c1ncnc(Cl)n1. The van der Waals surface area contributed by atoms with Gasteiger partial charge in [-0.2, -0.15) is 4.98 Å². The van der Waals surface area contributed by atoms with Crippen LogP contribution >= 0.6 is 11.6 Å². The highest BCUT2D eigenvalue weighted by Gasteiger charge is 2.08. The van der Waals surface area contributed by atoms with Crippen LogP contribution < -0.4 is 4.90 Å². The van der Waals surface area contributed by atoms with Crippen LogP contribution in [-0.2, 0) is 0 Å². The molecular formula is C7H11ClN4O2. The first-order valence-corrected chi connectivity index (χ1v) is 4.47. The summed E-state index contributed by atoms with van der Waals surface area (Å²) in [5, 5.41) is 17.6. The molecule has 0 saturated carbocycles. The van der Waals surface area contributed by atoms with Crippen molar-refractivity contribution in [1.82, 2.24) is 15.0 Å². The Labute approximate surface area is 86.2 Å². The highest BCUT2D eigenvalue weighted by Crippen LogP contribution is 2.07. The zero-order valence-electron chi connectivity index (χ0n) is 7.47. The first kappa shape index (κ1) is 11.1. The summed E-state index contributed by atoms with van der Waals surface area (Å²) in [6.07, 6.45) is 1.28. The molecule has 1 aromatic rings. The summed E-state index contributed by atoms with van der Waals surface area (Å²) in [5.41, 5.74) is 0. The summed E-state index contributed by atoms with van der Waals surface area (Å²) in [4.78, 5) is 13.0. The number of hydrogen-bond donors (Lipinski definition) is 2. The van der Waals surface area contributed by atoms with E-state index in [4.69, 9.17) is 21.8 Å². The molecule has 78 valence electrons. The first-order chi connectivity index (χ1) is 6.77. The number of aliphatic hydroxyl groups excluding tert-OH is 2. The highest BCUT2D eigenvalue weighted by molar-refractivity contribution is 6.28. The van der Waals surface area contributed by atoms with Crippen LogP contribution in [0.1, 0.15) is 0 Å². The maximum absolute atomic E-state index is 8.77. The van der Waals surface area contributed by atoms with Crippen molar-refractivity contribution in [3.63, 3.8) is 0 Å². The molecule has 0 aliphatic rings. The maximum atomic E-state index is 8.77. The van der Waals surface area contributed by atoms with Gasteiger partial charge in [-0.1, -0.05) is 0 Å². The Morgan fingerprint density at radius 1 is 1.21 bits per heavy atom. The number of anilines is 1. The van der Waals surface area contributed by atoms with Crippen molar-refractivity contribution in [2.24, 2.45) is 0 Å². The Kier molecular flexibility index (Phi) is 4.51. The van der Waals surface area contributed by atoms with E-state index in [2.05, 4.69) is 15.0 Å². The van der Waals surface area contributed by atoms with E-state index in [-0.39, 0.29) is 18.5 Å². The molecular weight excluding hydrogens is 208 g/mol. The van der Waals surface area contributed by atoms with Crippen LogP contribution in [0.3, 0.4) is 0 Å². The van der Waals surface area contributed by atoms with Crippen LogP contribution in [0, 0.1) is 0 Å². The fourth-order valence-corrected chi connectivity index (χ4v) is 1.09. The van der Waals surface area contributed by atoms with E-state index >= 15 is 0 Å². The van der Waals surface area contributed by atoms with Crippen LogP contribution in [-0.4, -0.2) is 51.5 Å². The van der Waals surface area contributed by atoms with E-state index < -0.39 is 0 Å². The van der Waals surface area contributed by atoms with Crippen LogP contribution in [0.5, 0.6) is 0 Å². The Balaban J connectivity index is 2.75. The van der Waals surface area contributed by atoms with E-state index in [0.29, 0.717) is 19.0 Å². The molecule has 0 radical (unpaired) electrons. The fraction of sp³-hybridized carbons (Fsp3) is 0.571. The molecule has 1 heterocycles. The van der Waals surface area contributed by atoms with Crippen molar-refractivity contribution in [3.05, 3.63) is 11.6 Å². The minimum atomic E-state index is -0.0384. The molecule has 7 heteroatoms. The minimum absolute atomic E-state index is 0.0384. The van der Waals surface area contributed by atoms with Gasteiger partial charge < -0.3 is 15.1 Å².